The van der Waals surface area contributed by atoms with Crippen LogP contribution in [0.15, 0.2) is 18.2 Å². The number of hydrogen-bond donors (Lipinski definition) is 1. The van der Waals surface area contributed by atoms with Crippen molar-refractivity contribution < 1.29 is 14.6 Å². The lowest BCUT2D eigenvalue weighted by Crippen LogP contribution is -2.48. The van der Waals surface area contributed by atoms with E-state index in [1.54, 1.807) is 32.9 Å². The van der Waals surface area contributed by atoms with E-state index < -0.39 is 11.5 Å². The average Bonchev–Trinajstić information content (AvgIpc) is 2.36. The zero-order valence-electron chi connectivity index (χ0n) is 12.5. The third kappa shape index (κ3) is 3.00. The Labute approximate surface area is 115 Å². The van der Waals surface area contributed by atoms with Gasteiger partial charge in [0.05, 0.1) is 12.8 Å². The van der Waals surface area contributed by atoms with Gasteiger partial charge in [0.2, 0.25) is 0 Å². The van der Waals surface area contributed by atoms with E-state index in [0.29, 0.717) is 11.7 Å². The quantitative estimate of drug-likeness (QED) is 0.888. The van der Waals surface area contributed by atoms with Crippen molar-refractivity contribution in [3.8, 4) is 5.75 Å². The summed E-state index contributed by atoms with van der Waals surface area (Å²) < 4.78 is 5.40. The fraction of sp³-hybridized carbons (Fsp3) is 0.533. The van der Waals surface area contributed by atoms with Crippen molar-refractivity contribution in [2.75, 3.05) is 19.1 Å². The van der Waals surface area contributed by atoms with Crippen molar-refractivity contribution in [1.82, 2.24) is 0 Å². The van der Waals surface area contributed by atoms with Crippen LogP contribution in [0.4, 0.5) is 5.69 Å². The highest BCUT2D eigenvalue weighted by Crippen LogP contribution is 2.34. The molecule has 0 bridgehead atoms. The first-order chi connectivity index (χ1) is 8.71. The largest absolute Gasteiger partial charge is 0.495 e. The van der Waals surface area contributed by atoms with Gasteiger partial charge in [-0.3, -0.25) is 0 Å². The summed E-state index contributed by atoms with van der Waals surface area (Å²) in [7, 11) is 3.37. The highest BCUT2D eigenvalue weighted by molar-refractivity contribution is 5.83. The second kappa shape index (κ2) is 5.51. The topological polar surface area (TPSA) is 49.8 Å². The third-order valence-corrected chi connectivity index (χ3v) is 3.59. The Balaban J connectivity index is 3.24. The number of benzene rings is 1. The standard InChI is InChI=1S/C15H23NO3/c1-10(2)11-7-8-12(13(9-11)19-6)16(5)15(3,4)14(17)18/h7-10H,1-6H3,(H,17,18). The summed E-state index contributed by atoms with van der Waals surface area (Å²) in [4.78, 5) is 13.0. The van der Waals surface area contributed by atoms with E-state index in [9.17, 15) is 9.90 Å². The number of ether oxygens (including phenoxy) is 1. The van der Waals surface area contributed by atoms with Gasteiger partial charge in [0.25, 0.3) is 0 Å². The molecule has 4 nitrogen and oxygen atoms in total. The highest BCUT2D eigenvalue weighted by atomic mass is 16.5. The third-order valence-electron chi connectivity index (χ3n) is 3.59. The lowest BCUT2D eigenvalue weighted by atomic mass is 9.99. The Hall–Kier alpha value is -1.71. The maximum absolute atomic E-state index is 11.3. The Kier molecular flexibility index (Phi) is 4.45. The van der Waals surface area contributed by atoms with Gasteiger partial charge in [0.15, 0.2) is 0 Å². The molecule has 0 atom stereocenters. The Morgan fingerprint density at radius 3 is 2.37 bits per heavy atom. The Bertz CT molecular complexity index is 466. The molecule has 1 rings (SSSR count). The average molecular weight is 265 g/mol. The van der Waals surface area contributed by atoms with Crippen molar-refractivity contribution >= 4 is 11.7 Å². The molecule has 0 aliphatic carbocycles. The maximum Gasteiger partial charge on any atom is 0.328 e. The van der Waals surface area contributed by atoms with Crippen LogP contribution in [0.5, 0.6) is 5.75 Å². The van der Waals surface area contributed by atoms with Crippen molar-refractivity contribution in [3.63, 3.8) is 0 Å². The van der Waals surface area contributed by atoms with E-state index in [0.717, 1.165) is 5.69 Å². The summed E-state index contributed by atoms with van der Waals surface area (Å²) in [5.74, 6) is 0.230. The summed E-state index contributed by atoms with van der Waals surface area (Å²) in [6.45, 7) is 7.56. The molecule has 19 heavy (non-hydrogen) atoms. The fourth-order valence-electron chi connectivity index (χ4n) is 1.78. The number of carboxylic acids is 1. The van der Waals surface area contributed by atoms with Crippen LogP contribution in [0.2, 0.25) is 0 Å². The van der Waals surface area contributed by atoms with Crippen molar-refractivity contribution in [2.24, 2.45) is 0 Å². The smallest absolute Gasteiger partial charge is 0.328 e. The molecule has 1 aromatic carbocycles. The molecular weight excluding hydrogens is 242 g/mol. The number of carbonyl (C=O) groups is 1. The number of likely N-dealkylation sites (N-methyl/N-ethyl adjacent to an activating group) is 1. The van der Waals surface area contributed by atoms with Gasteiger partial charge >= 0.3 is 5.97 Å². The second-order valence-corrected chi connectivity index (χ2v) is 5.51. The normalized spacial score (nSPS) is 11.5. The van der Waals surface area contributed by atoms with Crippen LogP contribution in [-0.2, 0) is 4.79 Å². The Morgan fingerprint density at radius 2 is 1.95 bits per heavy atom. The molecule has 4 heteroatoms. The van der Waals surface area contributed by atoms with Gasteiger partial charge in [-0.1, -0.05) is 19.9 Å². The van der Waals surface area contributed by atoms with Crippen molar-refractivity contribution in [2.45, 2.75) is 39.2 Å². The second-order valence-electron chi connectivity index (χ2n) is 5.51. The molecule has 0 aromatic heterocycles. The molecular formula is C15H23NO3. The molecule has 0 aliphatic rings. The summed E-state index contributed by atoms with van der Waals surface area (Å²) in [5.41, 5.74) is 0.952. The van der Waals surface area contributed by atoms with Crippen LogP contribution >= 0.6 is 0 Å². The molecule has 1 aromatic rings. The predicted octanol–water partition coefficient (Wildman–Crippen LogP) is 3.12. The van der Waals surface area contributed by atoms with Crippen LogP contribution in [0.25, 0.3) is 0 Å². The first-order valence-corrected chi connectivity index (χ1v) is 6.37. The molecule has 1 N–H and O–H groups in total. The lowest BCUT2D eigenvalue weighted by molar-refractivity contribution is -0.142. The zero-order valence-corrected chi connectivity index (χ0v) is 12.5. The van der Waals surface area contributed by atoms with E-state index in [4.69, 9.17) is 4.74 Å². The molecule has 0 spiro atoms. The predicted molar refractivity (Wildman–Crippen MR) is 77.2 cm³/mol. The van der Waals surface area contributed by atoms with Gasteiger partial charge < -0.3 is 14.7 Å². The maximum atomic E-state index is 11.3. The van der Waals surface area contributed by atoms with E-state index in [2.05, 4.69) is 13.8 Å². The number of anilines is 1. The van der Waals surface area contributed by atoms with E-state index >= 15 is 0 Å². The van der Waals surface area contributed by atoms with Crippen LogP contribution in [0.1, 0.15) is 39.2 Å². The zero-order chi connectivity index (χ0) is 14.8. The van der Waals surface area contributed by atoms with E-state index in [1.165, 1.54) is 5.56 Å². The molecule has 0 heterocycles. The van der Waals surface area contributed by atoms with Gasteiger partial charge in [-0.15, -0.1) is 0 Å². The minimum Gasteiger partial charge on any atom is -0.495 e. The number of carboxylic acid groups (broad SMARTS) is 1. The molecule has 0 saturated carbocycles. The van der Waals surface area contributed by atoms with Crippen LogP contribution in [0, 0.1) is 0 Å². The SMILES string of the molecule is COc1cc(C(C)C)ccc1N(C)C(C)(C)C(=O)O. The first-order valence-electron chi connectivity index (χ1n) is 6.37. The lowest BCUT2D eigenvalue weighted by Gasteiger charge is -2.34. The molecule has 0 amide bonds. The first kappa shape index (κ1) is 15.3. The van der Waals surface area contributed by atoms with E-state index in [-0.39, 0.29) is 0 Å². The van der Waals surface area contributed by atoms with Crippen LogP contribution < -0.4 is 9.64 Å². The number of methoxy groups -OCH3 is 1. The molecule has 0 saturated heterocycles. The number of hydrogen-bond acceptors (Lipinski definition) is 3. The minimum absolute atomic E-state index is 0.403. The Morgan fingerprint density at radius 1 is 1.37 bits per heavy atom. The molecule has 0 fully saturated rings. The van der Waals surface area contributed by atoms with Crippen molar-refractivity contribution in [3.05, 3.63) is 23.8 Å². The fourth-order valence-corrected chi connectivity index (χ4v) is 1.78. The highest BCUT2D eigenvalue weighted by Gasteiger charge is 2.33. The monoisotopic (exact) mass is 265 g/mol. The minimum atomic E-state index is -0.993. The summed E-state index contributed by atoms with van der Waals surface area (Å²) in [5, 5.41) is 9.30. The number of aliphatic carboxylic acids is 1. The summed E-state index contributed by atoms with van der Waals surface area (Å²) >= 11 is 0. The number of nitrogens with zero attached hydrogens (tertiary/aromatic N) is 1. The van der Waals surface area contributed by atoms with Crippen LogP contribution in [-0.4, -0.2) is 30.8 Å². The van der Waals surface area contributed by atoms with Crippen LogP contribution in [0.3, 0.4) is 0 Å². The summed E-state index contributed by atoms with van der Waals surface area (Å²) in [6, 6.07) is 5.89. The summed E-state index contributed by atoms with van der Waals surface area (Å²) in [6.07, 6.45) is 0. The van der Waals surface area contributed by atoms with Gasteiger partial charge in [-0.25, -0.2) is 4.79 Å². The molecule has 0 radical (unpaired) electrons. The number of rotatable bonds is 5. The van der Waals surface area contributed by atoms with E-state index in [1.807, 2.05) is 18.2 Å². The van der Waals surface area contributed by atoms with Gasteiger partial charge in [0.1, 0.15) is 11.3 Å². The van der Waals surface area contributed by atoms with Gasteiger partial charge in [0, 0.05) is 7.05 Å². The molecule has 0 aliphatic heterocycles. The van der Waals surface area contributed by atoms with Crippen molar-refractivity contribution in [1.29, 1.82) is 0 Å². The van der Waals surface area contributed by atoms with Gasteiger partial charge in [-0.2, -0.15) is 0 Å². The molecule has 106 valence electrons. The molecule has 0 unspecified atom stereocenters. The van der Waals surface area contributed by atoms with Gasteiger partial charge in [-0.05, 0) is 37.5 Å².